The highest BCUT2D eigenvalue weighted by atomic mass is 35.5. The number of hydrogen-bond acceptors (Lipinski definition) is 6. The number of carbonyl (C=O) groups excluding carboxylic acids is 1. The number of rotatable bonds is 6. The minimum Gasteiger partial charge on any atom is -0.493 e. The number of para-hydroxylation sites is 1. The number of halogens is 2. The van der Waals surface area contributed by atoms with Gasteiger partial charge in [0.15, 0.2) is 11.5 Å². The number of carbonyl (C=O) groups is 1. The van der Waals surface area contributed by atoms with Crippen molar-refractivity contribution in [2.24, 2.45) is 5.10 Å². The standard InChI is InChI=1S/C19H15ClFN5O3/c1-28-15-8-7-12(9-16(15)29-17-14(21)11-22-18(20)25-17)10-23-26-19(27)24-13-5-3-2-4-6-13/h2-11H,1H3,(H2,24,26,27)/b23-10-. The molecule has 3 rings (SSSR count). The number of anilines is 1. The van der Waals surface area contributed by atoms with Crippen molar-refractivity contribution in [3.63, 3.8) is 0 Å². The van der Waals surface area contributed by atoms with Crippen LogP contribution in [0.2, 0.25) is 5.28 Å². The van der Waals surface area contributed by atoms with Crippen LogP contribution in [-0.4, -0.2) is 29.3 Å². The molecule has 3 aromatic rings. The molecule has 0 saturated heterocycles. The van der Waals surface area contributed by atoms with E-state index in [0.717, 1.165) is 6.20 Å². The molecule has 0 atom stereocenters. The normalized spacial score (nSPS) is 10.6. The summed E-state index contributed by atoms with van der Waals surface area (Å²) in [6.07, 6.45) is 2.29. The highest BCUT2D eigenvalue weighted by molar-refractivity contribution is 6.28. The molecule has 1 heterocycles. The van der Waals surface area contributed by atoms with Gasteiger partial charge < -0.3 is 14.8 Å². The average molecular weight is 416 g/mol. The van der Waals surface area contributed by atoms with Crippen LogP contribution in [0.5, 0.6) is 17.4 Å². The van der Waals surface area contributed by atoms with Gasteiger partial charge in [-0.3, -0.25) is 0 Å². The molecule has 8 nitrogen and oxygen atoms in total. The van der Waals surface area contributed by atoms with Gasteiger partial charge in [0.2, 0.25) is 11.1 Å². The first-order valence-electron chi connectivity index (χ1n) is 8.24. The number of amides is 2. The minimum absolute atomic E-state index is 0.160. The highest BCUT2D eigenvalue weighted by Gasteiger charge is 2.13. The fourth-order valence-corrected chi connectivity index (χ4v) is 2.33. The van der Waals surface area contributed by atoms with Crippen LogP contribution in [0.25, 0.3) is 0 Å². The van der Waals surface area contributed by atoms with Crippen molar-refractivity contribution >= 4 is 29.5 Å². The number of nitrogens with one attached hydrogen (secondary N) is 2. The monoisotopic (exact) mass is 415 g/mol. The van der Waals surface area contributed by atoms with Gasteiger partial charge in [-0.05, 0) is 47.5 Å². The molecule has 29 heavy (non-hydrogen) atoms. The van der Waals surface area contributed by atoms with E-state index in [-0.39, 0.29) is 16.9 Å². The van der Waals surface area contributed by atoms with E-state index in [1.165, 1.54) is 19.4 Å². The van der Waals surface area contributed by atoms with Crippen molar-refractivity contribution in [1.82, 2.24) is 15.4 Å². The Morgan fingerprint density at radius 1 is 1.21 bits per heavy atom. The zero-order valence-electron chi connectivity index (χ0n) is 15.1. The van der Waals surface area contributed by atoms with E-state index in [0.29, 0.717) is 17.0 Å². The average Bonchev–Trinajstić information content (AvgIpc) is 2.72. The number of hydrazone groups is 1. The third-order valence-electron chi connectivity index (χ3n) is 3.49. The molecular formula is C19H15ClFN5O3. The van der Waals surface area contributed by atoms with Crippen LogP contribution in [-0.2, 0) is 0 Å². The maximum atomic E-state index is 13.8. The van der Waals surface area contributed by atoms with Crippen molar-refractivity contribution < 1.29 is 18.7 Å². The Labute approximate surface area is 170 Å². The quantitative estimate of drug-likeness (QED) is 0.357. The van der Waals surface area contributed by atoms with Gasteiger partial charge >= 0.3 is 6.03 Å². The second kappa shape index (κ2) is 9.47. The van der Waals surface area contributed by atoms with Gasteiger partial charge in [-0.2, -0.15) is 14.5 Å². The first-order valence-corrected chi connectivity index (χ1v) is 8.62. The van der Waals surface area contributed by atoms with Crippen molar-refractivity contribution in [3.05, 3.63) is 71.4 Å². The summed E-state index contributed by atoms with van der Waals surface area (Å²) in [5, 5.41) is 6.33. The first-order chi connectivity index (χ1) is 14.0. The third kappa shape index (κ3) is 5.63. The summed E-state index contributed by atoms with van der Waals surface area (Å²) in [6.45, 7) is 0. The second-order valence-electron chi connectivity index (χ2n) is 5.49. The van der Waals surface area contributed by atoms with Crippen LogP contribution in [0.4, 0.5) is 14.9 Å². The highest BCUT2D eigenvalue weighted by Crippen LogP contribution is 2.32. The van der Waals surface area contributed by atoms with Crippen LogP contribution in [0.1, 0.15) is 5.56 Å². The maximum absolute atomic E-state index is 13.8. The van der Waals surface area contributed by atoms with Crippen molar-refractivity contribution in [1.29, 1.82) is 0 Å². The molecule has 10 heteroatoms. The van der Waals surface area contributed by atoms with Gasteiger partial charge in [0.05, 0.1) is 19.5 Å². The molecule has 2 N–H and O–H groups in total. The molecule has 1 aromatic heterocycles. The van der Waals surface area contributed by atoms with E-state index < -0.39 is 11.8 Å². The predicted octanol–water partition coefficient (Wildman–Crippen LogP) is 4.23. The number of ether oxygens (including phenoxy) is 2. The fourth-order valence-electron chi connectivity index (χ4n) is 2.21. The Balaban J connectivity index is 1.70. The van der Waals surface area contributed by atoms with E-state index in [9.17, 15) is 9.18 Å². The third-order valence-corrected chi connectivity index (χ3v) is 3.67. The molecular weight excluding hydrogens is 401 g/mol. The molecule has 2 aromatic carbocycles. The van der Waals surface area contributed by atoms with Crippen molar-refractivity contribution in [3.8, 4) is 17.4 Å². The van der Waals surface area contributed by atoms with Gasteiger partial charge in [-0.25, -0.2) is 15.2 Å². The molecule has 0 aliphatic carbocycles. The van der Waals surface area contributed by atoms with Gasteiger partial charge in [0, 0.05) is 5.69 Å². The maximum Gasteiger partial charge on any atom is 0.339 e. The van der Waals surface area contributed by atoms with E-state index in [1.54, 1.807) is 36.4 Å². The lowest BCUT2D eigenvalue weighted by Crippen LogP contribution is -2.24. The molecule has 0 bridgehead atoms. The van der Waals surface area contributed by atoms with Gasteiger partial charge in [-0.1, -0.05) is 18.2 Å². The summed E-state index contributed by atoms with van der Waals surface area (Å²) in [5.41, 5.74) is 3.53. The zero-order chi connectivity index (χ0) is 20.6. The predicted molar refractivity (Wildman–Crippen MR) is 106 cm³/mol. The van der Waals surface area contributed by atoms with Gasteiger partial charge in [-0.15, -0.1) is 0 Å². The molecule has 0 aliphatic heterocycles. The van der Waals surface area contributed by atoms with Crippen molar-refractivity contribution in [2.45, 2.75) is 0 Å². The van der Waals surface area contributed by atoms with Gasteiger partial charge in [0.1, 0.15) is 0 Å². The Morgan fingerprint density at radius 3 is 2.76 bits per heavy atom. The first kappa shape index (κ1) is 20.0. The minimum atomic E-state index is -0.783. The molecule has 148 valence electrons. The number of benzene rings is 2. The zero-order valence-corrected chi connectivity index (χ0v) is 15.9. The van der Waals surface area contributed by atoms with Crippen LogP contribution in [0, 0.1) is 5.82 Å². The second-order valence-corrected chi connectivity index (χ2v) is 5.83. The molecule has 2 amide bonds. The molecule has 0 unspecified atom stereocenters. The lowest BCUT2D eigenvalue weighted by molar-refractivity contribution is 0.252. The Morgan fingerprint density at radius 2 is 2.00 bits per heavy atom. The molecule has 0 radical (unpaired) electrons. The lowest BCUT2D eigenvalue weighted by Gasteiger charge is -2.10. The summed E-state index contributed by atoms with van der Waals surface area (Å²) in [4.78, 5) is 19.1. The van der Waals surface area contributed by atoms with E-state index in [1.807, 2.05) is 6.07 Å². The number of hydrogen-bond donors (Lipinski definition) is 2. The van der Waals surface area contributed by atoms with Gasteiger partial charge in [0.25, 0.3) is 5.88 Å². The summed E-state index contributed by atoms with van der Waals surface area (Å²) < 4.78 is 24.5. The van der Waals surface area contributed by atoms with Crippen LogP contribution >= 0.6 is 11.6 Å². The van der Waals surface area contributed by atoms with Crippen LogP contribution in [0.3, 0.4) is 0 Å². The number of nitrogens with zero attached hydrogens (tertiary/aromatic N) is 3. The molecule has 0 fully saturated rings. The fraction of sp³-hybridized carbons (Fsp3) is 0.0526. The Kier molecular flexibility index (Phi) is 6.54. The van der Waals surface area contributed by atoms with E-state index >= 15 is 0 Å². The van der Waals surface area contributed by atoms with Crippen LogP contribution < -0.4 is 20.2 Å². The summed E-state index contributed by atoms with van der Waals surface area (Å²) >= 11 is 5.68. The molecule has 0 spiro atoms. The Hall–Kier alpha value is -3.72. The molecule has 0 aliphatic rings. The lowest BCUT2D eigenvalue weighted by atomic mass is 10.2. The van der Waals surface area contributed by atoms with Crippen LogP contribution in [0.15, 0.2) is 59.8 Å². The summed E-state index contributed by atoms with van der Waals surface area (Å²) in [6, 6.07) is 13.2. The summed E-state index contributed by atoms with van der Waals surface area (Å²) in [5.74, 6) is -0.613. The van der Waals surface area contributed by atoms with Crippen molar-refractivity contribution in [2.75, 3.05) is 12.4 Å². The largest absolute Gasteiger partial charge is 0.493 e. The number of methoxy groups -OCH3 is 1. The topological polar surface area (TPSA) is 97.7 Å². The van der Waals surface area contributed by atoms with E-state index in [2.05, 4.69) is 25.8 Å². The smallest absolute Gasteiger partial charge is 0.339 e. The summed E-state index contributed by atoms with van der Waals surface area (Å²) in [7, 11) is 1.44. The number of urea groups is 1. The Bertz CT molecular complexity index is 1030. The SMILES string of the molecule is COc1ccc(/C=N\NC(=O)Nc2ccccc2)cc1Oc1nc(Cl)ncc1F. The van der Waals surface area contributed by atoms with E-state index in [4.69, 9.17) is 21.1 Å². The molecule has 0 saturated carbocycles. The number of aromatic nitrogens is 2.